The Hall–Kier alpha value is -0.843. The van der Waals surface area contributed by atoms with Crippen molar-refractivity contribution in [3.05, 3.63) is 0 Å². The summed E-state index contributed by atoms with van der Waals surface area (Å²) in [6, 6.07) is 0. The quantitative estimate of drug-likeness (QED) is 0.247. The van der Waals surface area contributed by atoms with E-state index in [1.54, 1.807) is 13.8 Å². The van der Waals surface area contributed by atoms with Gasteiger partial charge in [0.2, 0.25) is 10.5 Å². The molecule has 0 rings (SSSR count). The molecule has 5 heteroatoms. The molecule has 0 unspecified atom stereocenters. The maximum Gasteiger partial charge on any atom is 0.242 e. The van der Waals surface area contributed by atoms with Gasteiger partial charge in [-0.2, -0.15) is 0 Å². The summed E-state index contributed by atoms with van der Waals surface area (Å²) < 4.78 is 4.56. The third-order valence-electron chi connectivity index (χ3n) is 0.902. The van der Waals surface area contributed by atoms with Gasteiger partial charge in [-0.05, 0) is 13.8 Å². The van der Waals surface area contributed by atoms with Gasteiger partial charge < -0.3 is 9.73 Å². The molecule has 0 saturated heterocycles. The predicted molar refractivity (Wildman–Crippen MR) is 39.0 cm³/mol. The molecule has 0 aliphatic carbocycles. The SMILES string of the molecule is CC(=NO)C(C)=NO[SiH3]. The van der Waals surface area contributed by atoms with Crippen LogP contribution in [0.15, 0.2) is 10.3 Å². The van der Waals surface area contributed by atoms with Crippen molar-refractivity contribution in [2.24, 2.45) is 10.3 Å². The zero-order valence-electron chi connectivity index (χ0n) is 5.75. The van der Waals surface area contributed by atoms with E-state index < -0.39 is 0 Å². The summed E-state index contributed by atoms with van der Waals surface area (Å²) in [5.41, 5.74) is 1.08. The molecule has 0 saturated carbocycles. The van der Waals surface area contributed by atoms with Crippen molar-refractivity contribution >= 4 is 21.9 Å². The third-order valence-corrected chi connectivity index (χ3v) is 1.08. The zero-order valence-corrected chi connectivity index (χ0v) is 7.75. The highest BCUT2D eigenvalue weighted by Gasteiger charge is 1.94. The minimum atomic E-state index is 0.478. The first kappa shape index (κ1) is 8.16. The molecule has 4 nitrogen and oxygen atoms in total. The fraction of sp³-hybridized carbons (Fsp3) is 0.500. The summed E-state index contributed by atoms with van der Waals surface area (Å²) >= 11 is 0. The Balaban J connectivity index is 4.03. The number of rotatable bonds is 2. The number of oxime groups is 2. The first-order valence-electron chi connectivity index (χ1n) is 2.49. The summed E-state index contributed by atoms with van der Waals surface area (Å²) in [5.74, 6) is 0. The summed E-state index contributed by atoms with van der Waals surface area (Å²) in [5, 5.41) is 14.7. The fourth-order valence-electron chi connectivity index (χ4n) is 0.275. The summed E-state index contributed by atoms with van der Waals surface area (Å²) in [7, 11) is 0.561. The molecule has 0 fully saturated rings. The van der Waals surface area contributed by atoms with Crippen molar-refractivity contribution in [1.29, 1.82) is 0 Å². The van der Waals surface area contributed by atoms with Crippen LogP contribution in [0.3, 0.4) is 0 Å². The van der Waals surface area contributed by atoms with E-state index in [-0.39, 0.29) is 0 Å². The molecule has 0 bridgehead atoms. The molecule has 1 N–H and O–H groups in total. The Morgan fingerprint density at radius 1 is 1.44 bits per heavy atom. The van der Waals surface area contributed by atoms with E-state index in [1.807, 2.05) is 0 Å². The molecular formula is C4H10N2O2Si. The van der Waals surface area contributed by atoms with Gasteiger partial charge in [0, 0.05) is 0 Å². The molecule has 0 aromatic carbocycles. The summed E-state index contributed by atoms with van der Waals surface area (Å²) in [6.07, 6.45) is 0. The highest BCUT2D eigenvalue weighted by atomic mass is 28.2. The van der Waals surface area contributed by atoms with E-state index in [4.69, 9.17) is 5.21 Å². The Morgan fingerprint density at radius 2 is 2.00 bits per heavy atom. The van der Waals surface area contributed by atoms with Crippen LogP contribution in [0.5, 0.6) is 0 Å². The lowest BCUT2D eigenvalue weighted by atomic mass is 10.3. The van der Waals surface area contributed by atoms with Crippen LogP contribution in [-0.2, 0) is 4.53 Å². The molecule has 0 aromatic rings. The van der Waals surface area contributed by atoms with Crippen LogP contribution in [0.25, 0.3) is 0 Å². The molecule has 0 aromatic heterocycles. The third kappa shape index (κ3) is 2.86. The van der Waals surface area contributed by atoms with Crippen molar-refractivity contribution in [2.45, 2.75) is 13.8 Å². The van der Waals surface area contributed by atoms with E-state index in [2.05, 4.69) is 14.8 Å². The smallest absolute Gasteiger partial charge is 0.242 e. The average Bonchev–Trinajstić information content (AvgIpc) is 1.87. The minimum Gasteiger partial charge on any atom is -0.467 e. The van der Waals surface area contributed by atoms with Crippen molar-refractivity contribution in [1.82, 2.24) is 0 Å². The van der Waals surface area contributed by atoms with Crippen molar-refractivity contribution in [3.63, 3.8) is 0 Å². The summed E-state index contributed by atoms with van der Waals surface area (Å²) in [4.78, 5) is 0. The van der Waals surface area contributed by atoms with Crippen LogP contribution in [0.2, 0.25) is 0 Å². The Labute approximate surface area is 56.7 Å². The minimum absolute atomic E-state index is 0.478. The molecule has 0 radical (unpaired) electrons. The summed E-state index contributed by atoms with van der Waals surface area (Å²) in [6.45, 7) is 3.37. The molecule has 0 aliphatic rings. The number of hydrogen-bond donors (Lipinski definition) is 1. The van der Waals surface area contributed by atoms with Gasteiger partial charge in [-0.15, -0.1) is 5.16 Å². The second-order valence-electron chi connectivity index (χ2n) is 1.54. The molecule has 0 aliphatic heterocycles. The Kier molecular flexibility index (Phi) is 3.70. The van der Waals surface area contributed by atoms with Gasteiger partial charge in [-0.25, -0.2) is 0 Å². The van der Waals surface area contributed by atoms with Crippen molar-refractivity contribution < 1.29 is 9.73 Å². The van der Waals surface area contributed by atoms with Crippen LogP contribution in [0.1, 0.15) is 13.8 Å². The Morgan fingerprint density at radius 3 is 2.33 bits per heavy atom. The van der Waals surface area contributed by atoms with Crippen LogP contribution >= 0.6 is 0 Å². The molecule has 52 valence electrons. The highest BCUT2D eigenvalue weighted by molar-refractivity contribution is 6.40. The molecule has 0 spiro atoms. The van der Waals surface area contributed by atoms with E-state index in [9.17, 15) is 0 Å². The molecule has 0 amide bonds. The first-order chi connectivity index (χ1) is 4.22. The van der Waals surface area contributed by atoms with E-state index in [0.717, 1.165) is 0 Å². The van der Waals surface area contributed by atoms with E-state index in [0.29, 0.717) is 21.9 Å². The van der Waals surface area contributed by atoms with E-state index >= 15 is 0 Å². The van der Waals surface area contributed by atoms with Gasteiger partial charge in [0.25, 0.3) is 0 Å². The Bertz CT molecular complexity index is 144. The second-order valence-corrected chi connectivity index (χ2v) is 1.91. The lowest BCUT2D eigenvalue weighted by Gasteiger charge is -1.93. The van der Waals surface area contributed by atoms with Gasteiger partial charge in [0.05, 0.1) is 5.71 Å². The molecule has 9 heavy (non-hydrogen) atoms. The topological polar surface area (TPSA) is 54.2 Å². The number of nitrogens with zero attached hydrogens (tertiary/aromatic N) is 2. The normalized spacial score (nSPS) is 14.0. The van der Waals surface area contributed by atoms with Gasteiger partial charge in [0.1, 0.15) is 5.71 Å². The molecule has 0 heterocycles. The average molecular weight is 146 g/mol. The largest absolute Gasteiger partial charge is 0.467 e. The van der Waals surface area contributed by atoms with Gasteiger partial charge in [-0.3, -0.25) is 0 Å². The number of hydrogen-bond acceptors (Lipinski definition) is 4. The van der Waals surface area contributed by atoms with Crippen LogP contribution in [-0.4, -0.2) is 27.1 Å². The van der Waals surface area contributed by atoms with Gasteiger partial charge >= 0.3 is 0 Å². The maximum atomic E-state index is 8.19. The van der Waals surface area contributed by atoms with Crippen molar-refractivity contribution in [3.8, 4) is 0 Å². The van der Waals surface area contributed by atoms with E-state index in [1.165, 1.54) is 0 Å². The van der Waals surface area contributed by atoms with Crippen LogP contribution in [0, 0.1) is 0 Å². The van der Waals surface area contributed by atoms with Crippen LogP contribution in [0.4, 0.5) is 0 Å². The zero-order chi connectivity index (χ0) is 7.28. The fourth-order valence-corrected chi connectivity index (χ4v) is 0.549. The predicted octanol–water partition coefficient (Wildman–Crippen LogP) is -0.491. The monoisotopic (exact) mass is 146 g/mol. The van der Waals surface area contributed by atoms with Crippen molar-refractivity contribution in [2.75, 3.05) is 0 Å². The lowest BCUT2D eigenvalue weighted by molar-refractivity contribution is 0.319. The standard InChI is InChI=1S/C4H10N2O2Si/c1-3(5-7)4(2)6-8-9/h7H,1-2,9H3. The molecular weight excluding hydrogens is 136 g/mol. The lowest BCUT2D eigenvalue weighted by Crippen LogP contribution is -2.05. The first-order valence-corrected chi connectivity index (χ1v) is 3.30. The maximum absolute atomic E-state index is 8.19. The van der Waals surface area contributed by atoms with Gasteiger partial charge in [0.15, 0.2) is 0 Å². The van der Waals surface area contributed by atoms with Gasteiger partial charge in [-0.1, -0.05) is 5.16 Å². The highest BCUT2D eigenvalue weighted by Crippen LogP contribution is 1.82. The second kappa shape index (κ2) is 4.08. The van der Waals surface area contributed by atoms with Crippen LogP contribution < -0.4 is 0 Å². The molecule has 0 atom stereocenters.